The van der Waals surface area contributed by atoms with Crippen molar-refractivity contribution >= 4 is 0 Å². The molecule has 1 aromatic heterocycles. The Kier molecular flexibility index (Phi) is 4.37. The number of hydrogen-bond acceptors (Lipinski definition) is 6. The molecule has 1 aromatic carbocycles. The van der Waals surface area contributed by atoms with Gasteiger partial charge in [0, 0.05) is 20.2 Å². The van der Waals surface area contributed by atoms with Crippen molar-refractivity contribution in [1.29, 1.82) is 0 Å². The summed E-state index contributed by atoms with van der Waals surface area (Å²) in [7, 11) is 1.68. The summed E-state index contributed by atoms with van der Waals surface area (Å²) in [5.74, 6) is 2.18. The van der Waals surface area contributed by atoms with E-state index in [1.807, 2.05) is 18.2 Å². The predicted molar refractivity (Wildman–Crippen MR) is 76.5 cm³/mol. The van der Waals surface area contributed by atoms with Crippen LogP contribution in [0.2, 0.25) is 0 Å². The van der Waals surface area contributed by atoms with Crippen LogP contribution in [-0.2, 0) is 11.3 Å². The maximum absolute atomic E-state index is 5.72. The Morgan fingerprint density at radius 1 is 1.29 bits per heavy atom. The van der Waals surface area contributed by atoms with Crippen LogP contribution in [0.3, 0.4) is 0 Å². The first-order valence-corrected chi connectivity index (χ1v) is 6.91. The summed E-state index contributed by atoms with van der Waals surface area (Å²) in [6.07, 6.45) is 1.45. The molecule has 3 rings (SSSR count). The summed E-state index contributed by atoms with van der Waals surface area (Å²) in [4.78, 5) is 4.27. The highest BCUT2D eigenvalue weighted by Gasteiger charge is 2.21. The number of ether oxygens (including phenoxy) is 3. The Balaban J connectivity index is 1.83. The number of nitrogens with zero attached hydrogens (tertiary/aromatic N) is 1. The third-order valence-corrected chi connectivity index (χ3v) is 3.23. The fourth-order valence-corrected chi connectivity index (χ4v) is 2.25. The molecule has 21 heavy (non-hydrogen) atoms. The molecule has 0 unspecified atom stereocenters. The number of hydrogen-bond donors (Lipinski definition) is 1. The van der Waals surface area contributed by atoms with Crippen LogP contribution in [0.15, 0.2) is 29.0 Å². The molecule has 0 saturated heterocycles. The molecule has 0 fully saturated rings. The highest BCUT2D eigenvalue weighted by Crippen LogP contribution is 2.40. The van der Waals surface area contributed by atoms with Crippen LogP contribution in [0.25, 0.3) is 11.3 Å². The van der Waals surface area contributed by atoms with Crippen molar-refractivity contribution in [3.63, 3.8) is 0 Å². The van der Waals surface area contributed by atoms with Crippen molar-refractivity contribution in [3.8, 4) is 22.8 Å². The summed E-state index contributed by atoms with van der Waals surface area (Å²) in [6.45, 7) is 3.14. The molecular weight excluding hydrogens is 272 g/mol. The summed E-state index contributed by atoms with van der Waals surface area (Å²) >= 11 is 0. The van der Waals surface area contributed by atoms with Gasteiger partial charge in [0.25, 0.3) is 0 Å². The second-order valence-electron chi connectivity index (χ2n) is 4.63. The lowest BCUT2D eigenvalue weighted by atomic mass is 10.1. The number of rotatable bonds is 6. The fraction of sp³-hybridized carbons (Fsp3) is 0.400. The van der Waals surface area contributed by atoms with E-state index in [9.17, 15) is 0 Å². The van der Waals surface area contributed by atoms with Crippen molar-refractivity contribution in [2.45, 2.75) is 6.54 Å². The zero-order chi connectivity index (χ0) is 14.5. The van der Waals surface area contributed by atoms with E-state index < -0.39 is 0 Å². The SMILES string of the molecule is COCCNCc1ncoc1-c1cccc2c1OCCO2. The van der Waals surface area contributed by atoms with Crippen LogP contribution in [0, 0.1) is 0 Å². The molecule has 0 saturated carbocycles. The van der Waals surface area contributed by atoms with Gasteiger partial charge in [-0.3, -0.25) is 0 Å². The van der Waals surface area contributed by atoms with Gasteiger partial charge in [-0.2, -0.15) is 0 Å². The number of aromatic nitrogens is 1. The summed E-state index contributed by atoms with van der Waals surface area (Å²) in [6, 6.07) is 5.77. The Bertz CT molecular complexity index is 597. The lowest BCUT2D eigenvalue weighted by Gasteiger charge is -2.20. The molecule has 1 aliphatic heterocycles. The summed E-state index contributed by atoms with van der Waals surface area (Å²) in [5.41, 5.74) is 1.71. The van der Waals surface area contributed by atoms with E-state index in [1.54, 1.807) is 7.11 Å². The van der Waals surface area contributed by atoms with Gasteiger partial charge in [0.2, 0.25) is 0 Å². The van der Waals surface area contributed by atoms with Crippen molar-refractivity contribution < 1.29 is 18.6 Å². The van der Waals surface area contributed by atoms with Crippen molar-refractivity contribution in [2.24, 2.45) is 0 Å². The van der Waals surface area contributed by atoms with Gasteiger partial charge in [0.1, 0.15) is 18.9 Å². The third kappa shape index (κ3) is 3.01. The van der Waals surface area contributed by atoms with Gasteiger partial charge in [-0.15, -0.1) is 0 Å². The number of fused-ring (bicyclic) bond motifs is 1. The largest absolute Gasteiger partial charge is 0.486 e. The van der Waals surface area contributed by atoms with Gasteiger partial charge in [0.15, 0.2) is 23.7 Å². The van der Waals surface area contributed by atoms with Gasteiger partial charge in [0.05, 0.1) is 12.2 Å². The molecule has 0 amide bonds. The molecule has 2 aromatic rings. The maximum Gasteiger partial charge on any atom is 0.181 e. The van der Waals surface area contributed by atoms with Crippen LogP contribution in [-0.4, -0.2) is 38.5 Å². The van der Waals surface area contributed by atoms with E-state index in [1.165, 1.54) is 6.39 Å². The molecule has 0 spiro atoms. The zero-order valence-corrected chi connectivity index (χ0v) is 11.9. The number of oxazole rings is 1. The highest BCUT2D eigenvalue weighted by atomic mass is 16.6. The minimum atomic E-state index is 0.541. The fourth-order valence-electron chi connectivity index (χ4n) is 2.25. The first-order chi connectivity index (χ1) is 10.4. The van der Waals surface area contributed by atoms with E-state index in [2.05, 4.69) is 10.3 Å². The highest BCUT2D eigenvalue weighted by molar-refractivity contribution is 5.71. The number of methoxy groups -OCH3 is 1. The van der Waals surface area contributed by atoms with Gasteiger partial charge < -0.3 is 23.9 Å². The van der Waals surface area contributed by atoms with E-state index in [0.717, 1.165) is 29.3 Å². The smallest absolute Gasteiger partial charge is 0.181 e. The number of nitrogens with one attached hydrogen (secondary N) is 1. The minimum Gasteiger partial charge on any atom is -0.486 e. The Morgan fingerprint density at radius 3 is 3.10 bits per heavy atom. The molecular formula is C15H18N2O4. The Labute approximate surface area is 123 Å². The summed E-state index contributed by atoms with van der Waals surface area (Å²) < 4.78 is 21.9. The topological polar surface area (TPSA) is 65.8 Å². The Hall–Kier alpha value is -2.05. The monoisotopic (exact) mass is 290 g/mol. The van der Waals surface area contributed by atoms with E-state index in [-0.39, 0.29) is 0 Å². The average molecular weight is 290 g/mol. The lowest BCUT2D eigenvalue weighted by Crippen LogP contribution is -2.19. The van der Waals surface area contributed by atoms with Gasteiger partial charge in [-0.25, -0.2) is 4.98 Å². The predicted octanol–water partition coefficient (Wildman–Crippen LogP) is 1.85. The first-order valence-electron chi connectivity index (χ1n) is 6.91. The standard InChI is InChI=1S/C15H18N2O4/c1-18-6-5-16-9-12-14(21-10-17-12)11-3-2-4-13-15(11)20-8-7-19-13/h2-4,10,16H,5-9H2,1H3. The Morgan fingerprint density at radius 2 is 2.19 bits per heavy atom. The molecule has 0 atom stereocenters. The van der Waals surface area contributed by atoms with E-state index in [0.29, 0.717) is 32.1 Å². The second kappa shape index (κ2) is 6.60. The molecule has 1 aliphatic rings. The summed E-state index contributed by atoms with van der Waals surface area (Å²) in [5, 5.41) is 3.26. The molecule has 0 radical (unpaired) electrons. The van der Waals surface area contributed by atoms with E-state index >= 15 is 0 Å². The molecule has 6 nitrogen and oxygen atoms in total. The van der Waals surface area contributed by atoms with Gasteiger partial charge in [-0.1, -0.05) is 6.07 Å². The average Bonchev–Trinajstić information content (AvgIpc) is 2.99. The molecule has 112 valence electrons. The quantitative estimate of drug-likeness (QED) is 0.819. The minimum absolute atomic E-state index is 0.541. The van der Waals surface area contributed by atoms with Crippen LogP contribution >= 0.6 is 0 Å². The molecule has 0 bridgehead atoms. The molecule has 1 N–H and O–H groups in total. The number of para-hydroxylation sites is 1. The lowest BCUT2D eigenvalue weighted by molar-refractivity contribution is 0.172. The van der Waals surface area contributed by atoms with Crippen LogP contribution < -0.4 is 14.8 Å². The van der Waals surface area contributed by atoms with Crippen LogP contribution in [0.4, 0.5) is 0 Å². The van der Waals surface area contributed by atoms with Crippen molar-refractivity contribution in [3.05, 3.63) is 30.3 Å². The van der Waals surface area contributed by atoms with Crippen LogP contribution in [0.1, 0.15) is 5.69 Å². The number of benzene rings is 1. The normalized spacial score (nSPS) is 13.4. The first kappa shape index (κ1) is 13.9. The molecule has 6 heteroatoms. The van der Waals surface area contributed by atoms with Crippen molar-refractivity contribution in [2.75, 3.05) is 33.5 Å². The van der Waals surface area contributed by atoms with Gasteiger partial charge in [-0.05, 0) is 12.1 Å². The zero-order valence-electron chi connectivity index (χ0n) is 11.9. The maximum atomic E-state index is 5.72. The molecule has 0 aliphatic carbocycles. The van der Waals surface area contributed by atoms with Crippen LogP contribution in [0.5, 0.6) is 11.5 Å². The van der Waals surface area contributed by atoms with Crippen molar-refractivity contribution in [1.82, 2.24) is 10.3 Å². The second-order valence-corrected chi connectivity index (χ2v) is 4.63. The third-order valence-electron chi connectivity index (χ3n) is 3.23. The molecule has 2 heterocycles. The van der Waals surface area contributed by atoms with Gasteiger partial charge >= 0.3 is 0 Å². The van der Waals surface area contributed by atoms with E-state index in [4.69, 9.17) is 18.6 Å².